The van der Waals surface area contributed by atoms with Gasteiger partial charge in [0.25, 0.3) is 0 Å². The van der Waals surface area contributed by atoms with Gasteiger partial charge in [-0.25, -0.2) is 0 Å². The molecule has 1 saturated heterocycles. The first-order chi connectivity index (χ1) is 13.5. The smallest absolute Gasteiger partial charge is 0.223 e. The molecule has 1 N–H and O–H groups in total. The van der Waals surface area contributed by atoms with E-state index in [2.05, 4.69) is 66.9 Å². The molecule has 152 valence electrons. The SMILES string of the molecule is CCCN(C(=O)CCc1c(C)nn(Cc2ccc(C)cc2)c1C)C1CCNC1. The Morgan fingerprint density at radius 2 is 2.00 bits per heavy atom. The molecule has 5 nitrogen and oxygen atoms in total. The highest BCUT2D eigenvalue weighted by Gasteiger charge is 2.26. The van der Waals surface area contributed by atoms with Crippen LogP contribution >= 0.6 is 0 Å². The summed E-state index contributed by atoms with van der Waals surface area (Å²) in [6.45, 7) is 12.0. The second-order valence-electron chi connectivity index (χ2n) is 8.03. The number of hydrogen-bond acceptors (Lipinski definition) is 3. The molecule has 0 radical (unpaired) electrons. The van der Waals surface area contributed by atoms with Crippen LogP contribution in [0.15, 0.2) is 24.3 Å². The Morgan fingerprint density at radius 3 is 2.64 bits per heavy atom. The van der Waals surface area contributed by atoms with E-state index in [0.29, 0.717) is 12.5 Å². The molecule has 0 saturated carbocycles. The summed E-state index contributed by atoms with van der Waals surface area (Å²) < 4.78 is 2.07. The fourth-order valence-corrected chi connectivity index (χ4v) is 4.15. The Balaban J connectivity index is 1.65. The van der Waals surface area contributed by atoms with Crippen LogP contribution < -0.4 is 5.32 Å². The topological polar surface area (TPSA) is 50.2 Å². The number of benzene rings is 1. The zero-order chi connectivity index (χ0) is 20.1. The van der Waals surface area contributed by atoms with Crippen LogP contribution in [0.3, 0.4) is 0 Å². The van der Waals surface area contributed by atoms with Gasteiger partial charge in [0.1, 0.15) is 0 Å². The van der Waals surface area contributed by atoms with Gasteiger partial charge in [-0.2, -0.15) is 5.10 Å². The minimum atomic E-state index is 0.278. The highest BCUT2D eigenvalue weighted by Crippen LogP contribution is 2.19. The zero-order valence-corrected chi connectivity index (χ0v) is 17.8. The molecule has 1 atom stereocenters. The normalized spacial score (nSPS) is 16.5. The number of amides is 1. The predicted octanol–water partition coefficient (Wildman–Crippen LogP) is 3.39. The van der Waals surface area contributed by atoms with E-state index in [9.17, 15) is 4.79 Å². The van der Waals surface area contributed by atoms with Crippen molar-refractivity contribution in [3.63, 3.8) is 0 Å². The summed E-state index contributed by atoms with van der Waals surface area (Å²) in [5.74, 6) is 0.278. The predicted molar refractivity (Wildman–Crippen MR) is 114 cm³/mol. The van der Waals surface area contributed by atoms with Gasteiger partial charge in [0.2, 0.25) is 5.91 Å². The molecule has 1 unspecified atom stereocenters. The van der Waals surface area contributed by atoms with Gasteiger partial charge >= 0.3 is 0 Å². The van der Waals surface area contributed by atoms with Crippen molar-refractivity contribution in [1.29, 1.82) is 0 Å². The van der Waals surface area contributed by atoms with Crippen LogP contribution in [-0.4, -0.2) is 46.3 Å². The Labute approximate surface area is 169 Å². The maximum absolute atomic E-state index is 12.9. The minimum absolute atomic E-state index is 0.278. The van der Waals surface area contributed by atoms with Crippen molar-refractivity contribution >= 4 is 5.91 Å². The van der Waals surface area contributed by atoms with Crippen molar-refractivity contribution in [3.8, 4) is 0 Å². The first-order valence-corrected chi connectivity index (χ1v) is 10.6. The molecule has 1 aromatic carbocycles. The van der Waals surface area contributed by atoms with Crippen molar-refractivity contribution in [3.05, 3.63) is 52.3 Å². The fourth-order valence-electron chi connectivity index (χ4n) is 4.15. The van der Waals surface area contributed by atoms with Crippen LogP contribution in [-0.2, 0) is 17.8 Å². The summed E-state index contributed by atoms with van der Waals surface area (Å²) in [5.41, 5.74) is 5.96. The Bertz CT molecular complexity index is 788. The van der Waals surface area contributed by atoms with E-state index in [4.69, 9.17) is 5.10 Å². The van der Waals surface area contributed by atoms with E-state index in [0.717, 1.165) is 51.1 Å². The van der Waals surface area contributed by atoms with E-state index in [1.807, 2.05) is 0 Å². The van der Waals surface area contributed by atoms with E-state index in [1.165, 1.54) is 22.4 Å². The van der Waals surface area contributed by atoms with Gasteiger partial charge in [-0.1, -0.05) is 36.8 Å². The highest BCUT2D eigenvalue weighted by atomic mass is 16.2. The maximum atomic E-state index is 12.9. The number of aryl methyl sites for hydroxylation is 2. The Hall–Kier alpha value is -2.14. The summed E-state index contributed by atoms with van der Waals surface area (Å²) in [6, 6.07) is 8.96. The molecule has 1 aliphatic rings. The van der Waals surface area contributed by atoms with Gasteiger partial charge in [-0.15, -0.1) is 0 Å². The quantitative estimate of drug-likeness (QED) is 0.761. The monoisotopic (exact) mass is 382 g/mol. The molecule has 1 fully saturated rings. The lowest BCUT2D eigenvalue weighted by atomic mass is 10.1. The van der Waals surface area contributed by atoms with Crippen molar-refractivity contribution in [2.45, 2.75) is 66.0 Å². The van der Waals surface area contributed by atoms with E-state index in [-0.39, 0.29) is 5.91 Å². The summed E-state index contributed by atoms with van der Waals surface area (Å²) >= 11 is 0. The first-order valence-electron chi connectivity index (χ1n) is 10.6. The number of nitrogens with one attached hydrogen (secondary N) is 1. The maximum Gasteiger partial charge on any atom is 0.223 e. The van der Waals surface area contributed by atoms with Crippen LogP contribution in [0.5, 0.6) is 0 Å². The molecule has 2 aromatic rings. The summed E-state index contributed by atoms with van der Waals surface area (Å²) in [5, 5.41) is 8.13. The van der Waals surface area contributed by atoms with Crippen LogP contribution in [0.2, 0.25) is 0 Å². The van der Waals surface area contributed by atoms with Crippen LogP contribution in [0, 0.1) is 20.8 Å². The van der Waals surface area contributed by atoms with E-state index < -0.39 is 0 Å². The van der Waals surface area contributed by atoms with Gasteiger partial charge in [0, 0.05) is 31.2 Å². The first kappa shape index (κ1) is 20.6. The number of hydrogen-bond donors (Lipinski definition) is 1. The average Bonchev–Trinajstić information content (AvgIpc) is 3.29. The molecule has 3 rings (SSSR count). The molecule has 28 heavy (non-hydrogen) atoms. The fraction of sp³-hybridized carbons (Fsp3) is 0.565. The molecule has 0 bridgehead atoms. The van der Waals surface area contributed by atoms with Crippen LogP contribution in [0.1, 0.15) is 54.3 Å². The van der Waals surface area contributed by atoms with Gasteiger partial charge in [0.15, 0.2) is 0 Å². The third-order valence-corrected chi connectivity index (χ3v) is 5.83. The van der Waals surface area contributed by atoms with Crippen LogP contribution in [0.4, 0.5) is 0 Å². The molecule has 0 spiro atoms. The Morgan fingerprint density at radius 1 is 1.25 bits per heavy atom. The second kappa shape index (κ2) is 9.37. The van der Waals surface area contributed by atoms with Gasteiger partial charge in [-0.05, 0) is 57.7 Å². The van der Waals surface area contributed by atoms with E-state index >= 15 is 0 Å². The van der Waals surface area contributed by atoms with Crippen molar-refractivity contribution < 1.29 is 4.79 Å². The van der Waals surface area contributed by atoms with Gasteiger partial charge < -0.3 is 10.2 Å². The molecular formula is C23H34N4O. The molecule has 1 aromatic heterocycles. The lowest BCUT2D eigenvalue weighted by molar-refractivity contribution is -0.133. The average molecular weight is 383 g/mol. The standard InChI is InChI=1S/C23H34N4O/c1-5-14-26(21-12-13-24-15-21)23(28)11-10-22-18(3)25-27(19(22)4)16-20-8-6-17(2)7-9-20/h6-9,21,24H,5,10-16H2,1-4H3. The third-order valence-electron chi connectivity index (χ3n) is 5.83. The molecule has 5 heteroatoms. The third kappa shape index (κ3) is 4.82. The molecule has 0 aliphatic carbocycles. The van der Waals surface area contributed by atoms with Gasteiger partial charge in [0.05, 0.1) is 12.2 Å². The largest absolute Gasteiger partial charge is 0.338 e. The summed E-state index contributed by atoms with van der Waals surface area (Å²) in [4.78, 5) is 15.0. The highest BCUT2D eigenvalue weighted by molar-refractivity contribution is 5.77. The number of rotatable bonds is 8. The van der Waals surface area contributed by atoms with E-state index in [1.54, 1.807) is 0 Å². The lowest BCUT2D eigenvalue weighted by Gasteiger charge is -2.28. The van der Waals surface area contributed by atoms with Crippen molar-refractivity contribution in [2.24, 2.45) is 0 Å². The summed E-state index contributed by atoms with van der Waals surface area (Å²) in [6.07, 6.45) is 3.41. The lowest BCUT2D eigenvalue weighted by Crippen LogP contribution is -2.42. The zero-order valence-electron chi connectivity index (χ0n) is 17.8. The number of carbonyl (C=O) groups is 1. The van der Waals surface area contributed by atoms with Crippen LogP contribution in [0.25, 0.3) is 0 Å². The van der Waals surface area contributed by atoms with Crippen molar-refractivity contribution in [1.82, 2.24) is 20.0 Å². The number of aromatic nitrogens is 2. The Kier molecular flexibility index (Phi) is 6.89. The van der Waals surface area contributed by atoms with Gasteiger partial charge in [-0.3, -0.25) is 9.48 Å². The second-order valence-corrected chi connectivity index (χ2v) is 8.03. The molecule has 1 aliphatic heterocycles. The molecular weight excluding hydrogens is 348 g/mol. The molecule has 2 heterocycles. The number of nitrogens with zero attached hydrogens (tertiary/aromatic N) is 3. The summed E-state index contributed by atoms with van der Waals surface area (Å²) in [7, 11) is 0. The molecule has 1 amide bonds. The van der Waals surface area contributed by atoms with Crippen molar-refractivity contribution in [2.75, 3.05) is 19.6 Å². The number of carbonyl (C=O) groups excluding carboxylic acids is 1. The minimum Gasteiger partial charge on any atom is -0.338 e.